The van der Waals surface area contributed by atoms with E-state index >= 15 is 0 Å². The number of ether oxygens (including phenoxy) is 1. The molecule has 0 fully saturated rings. The summed E-state index contributed by atoms with van der Waals surface area (Å²) in [5.74, 6) is -0.203. The van der Waals surface area contributed by atoms with E-state index in [9.17, 15) is 4.79 Å². The van der Waals surface area contributed by atoms with E-state index in [1.807, 2.05) is 50.3 Å². The second-order valence-electron chi connectivity index (χ2n) is 4.22. The van der Waals surface area contributed by atoms with Crippen molar-refractivity contribution in [2.45, 2.75) is 13.8 Å². The summed E-state index contributed by atoms with van der Waals surface area (Å²) in [5, 5.41) is 0. The van der Waals surface area contributed by atoms with Gasteiger partial charge in [-0.05, 0) is 11.5 Å². The maximum Gasteiger partial charge on any atom is 0.333 e. The van der Waals surface area contributed by atoms with Gasteiger partial charge in [0.2, 0.25) is 0 Å². The largest absolute Gasteiger partial charge is 0.461 e. The van der Waals surface area contributed by atoms with Crippen LogP contribution in [0.5, 0.6) is 0 Å². The zero-order valence-electron chi connectivity index (χ0n) is 11.8. The van der Waals surface area contributed by atoms with Crippen molar-refractivity contribution < 1.29 is 9.53 Å². The van der Waals surface area contributed by atoms with Gasteiger partial charge in [0.25, 0.3) is 0 Å². The fourth-order valence-corrected chi connectivity index (χ4v) is 1.07. The second kappa shape index (κ2) is 10.1. The molecule has 2 N–H and O–H groups in total. The standard InChI is InChI=1S/C8H15NO2.C8H8/c1-6(2)7(3)8(10)11-5-4-9;1-2-8-6-4-3-5-7-8/h6H,3-5,9H2,1-2H3;2-7H,1H2. The van der Waals surface area contributed by atoms with E-state index in [4.69, 9.17) is 10.5 Å². The molecular formula is C16H23NO2. The highest BCUT2D eigenvalue weighted by Gasteiger charge is 2.10. The Labute approximate surface area is 115 Å². The zero-order valence-corrected chi connectivity index (χ0v) is 11.8. The number of nitrogens with two attached hydrogens (primary N) is 1. The van der Waals surface area contributed by atoms with Gasteiger partial charge in [-0.25, -0.2) is 4.79 Å². The molecule has 0 bridgehead atoms. The van der Waals surface area contributed by atoms with Crippen LogP contribution in [-0.2, 0) is 9.53 Å². The summed E-state index contributed by atoms with van der Waals surface area (Å²) in [6, 6.07) is 10.0. The highest BCUT2D eigenvalue weighted by molar-refractivity contribution is 5.88. The molecule has 0 amide bonds. The Morgan fingerprint density at radius 1 is 1.37 bits per heavy atom. The molecule has 0 atom stereocenters. The summed E-state index contributed by atoms with van der Waals surface area (Å²) in [4.78, 5) is 11.0. The van der Waals surface area contributed by atoms with Crippen molar-refractivity contribution in [3.8, 4) is 0 Å². The molecule has 1 aromatic carbocycles. The van der Waals surface area contributed by atoms with Gasteiger partial charge in [0.05, 0.1) is 0 Å². The van der Waals surface area contributed by atoms with Crippen molar-refractivity contribution in [3.63, 3.8) is 0 Å². The summed E-state index contributed by atoms with van der Waals surface area (Å²) in [7, 11) is 0. The van der Waals surface area contributed by atoms with Crippen LogP contribution in [0.3, 0.4) is 0 Å². The van der Waals surface area contributed by atoms with Crippen LogP contribution >= 0.6 is 0 Å². The predicted octanol–water partition coefficient (Wildman–Crippen LogP) is 3.03. The topological polar surface area (TPSA) is 52.3 Å². The van der Waals surface area contributed by atoms with Crippen molar-refractivity contribution in [2.75, 3.05) is 13.2 Å². The van der Waals surface area contributed by atoms with Crippen molar-refractivity contribution in [1.29, 1.82) is 0 Å². The summed E-state index contributed by atoms with van der Waals surface area (Å²) < 4.78 is 4.75. The van der Waals surface area contributed by atoms with Crippen LogP contribution in [0.4, 0.5) is 0 Å². The molecule has 0 unspecified atom stereocenters. The number of hydrogen-bond acceptors (Lipinski definition) is 3. The number of carbonyl (C=O) groups is 1. The molecule has 0 aliphatic rings. The lowest BCUT2D eigenvalue weighted by Gasteiger charge is -2.07. The first-order chi connectivity index (χ1) is 9.02. The number of esters is 1. The van der Waals surface area contributed by atoms with E-state index < -0.39 is 0 Å². The second-order valence-corrected chi connectivity index (χ2v) is 4.22. The normalized spacial score (nSPS) is 9.26. The predicted molar refractivity (Wildman–Crippen MR) is 80.5 cm³/mol. The lowest BCUT2D eigenvalue weighted by Crippen LogP contribution is -2.16. The Morgan fingerprint density at radius 2 is 1.95 bits per heavy atom. The van der Waals surface area contributed by atoms with Gasteiger partial charge in [-0.2, -0.15) is 0 Å². The molecule has 3 nitrogen and oxygen atoms in total. The van der Waals surface area contributed by atoms with Gasteiger partial charge in [-0.15, -0.1) is 0 Å². The summed E-state index contributed by atoms with van der Waals surface area (Å²) in [6.07, 6.45) is 1.83. The van der Waals surface area contributed by atoms with Crippen LogP contribution in [-0.4, -0.2) is 19.1 Å². The molecule has 0 saturated heterocycles. The molecule has 0 heterocycles. The van der Waals surface area contributed by atoms with Crippen molar-refractivity contribution in [1.82, 2.24) is 0 Å². The molecular weight excluding hydrogens is 238 g/mol. The molecule has 0 radical (unpaired) electrons. The molecule has 0 spiro atoms. The van der Waals surface area contributed by atoms with Gasteiger partial charge in [-0.3, -0.25) is 0 Å². The molecule has 0 aromatic heterocycles. The molecule has 19 heavy (non-hydrogen) atoms. The number of rotatable bonds is 5. The third kappa shape index (κ3) is 7.95. The number of benzene rings is 1. The van der Waals surface area contributed by atoms with Crippen LogP contribution in [0.2, 0.25) is 0 Å². The molecule has 1 aromatic rings. The van der Waals surface area contributed by atoms with Gasteiger partial charge in [0, 0.05) is 12.1 Å². The van der Waals surface area contributed by atoms with Crippen LogP contribution < -0.4 is 5.73 Å². The minimum Gasteiger partial charge on any atom is -0.461 e. The number of hydrogen-bond donors (Lipinski definition) is 1. The Balaban J connectivity index is 0.000000356. The van der Waals surface area contributed by atoms with Crippen LogP contribution in [0.1, 0.15) is 19.4 Å². The van der Waals surface area contributed by atoms with Gasteiger partial charge < -0.3 is 10.5 Å². The van der Waals surface area contributed by atoms with Gasteiger partial charge >= 0.3 is 5.97 Å². The Morgan fingerprint density at radius 3 is 2.32 bits per heavy atom. The minimum absolute atomic E-state index is 0.139. The Hall–Kier alpha value is -1.87. The smallest absolute Gasteiger partial charge is 0.333 e. The molecule has 0 aliphatic carbocycles. The summed E-state index contributed by atoms with van der Waals surface area (Å²) in [5.41, 5.74) is 6.82. The lowest BCUT2D eigenvalue weighted by molar-refractivity contribution is -0.139. The molecule has 1 rings (SSSR count). The van der Waals surface area contributed by atoms with E-state index in [-0.39, 0.29) is 18.5 Å². The van der Waals surface area contributed by atoms with Gasteiger partial charge in [0.15, 0.2) is 0 Å². The highest BCUT2D eigenvalue weighted by Crippen LogP contribution is 2.07. The third-order valence-electron chi connectivity index (χ3n) is 2.35. The fourth-order valence-electron chi connectivity index (χ4n) is 1.07. The highest BCUT2D eigenvalue weighted by atomic mass is 16.5. The van der Waals surface area contributed by atoms with Crippen molar-refractivity contribution in [2.24, 2.45) is 11.7 Å². The SMILES string of the molecule is C=C(C(=O)OCCN)C(C)C.C=Cc1ccccc1. The minimum atomic E-state index is -0.342. The molecule has 0 saturated carbocycles. The molecule has 0 aliphatic heterocycles. The quantitative estimate of drug-likeness (QED) is 0.654. The maximum atomic E-state index is 11.0. The summed E-state index contributed by atoms with van der Waals surface area (Å²) >= 11 is 0. The van der Waals surface area contributed by atoms with E-state index in [2.05, 4.69) is 13.2 Å². The average Bonchev–Trinajstić information content (AvgIpc) is 2.45. The van der Waals surface area contributed by atoms with Crippen molar-refractivity contribution in [3.05, 3.63) is 54.6 Å². The maximum absolute atomic E-state index is 11.0. The first kappa shape index (κ1) is 17.1. The fraction of sp³-hybridized carbons (Fsp3) is 0.312. The van der Waals surface area contributed by atoms with Gasteiger partial charge in [0.1, 0.15) is 6.61 Å². The monoisotopic (exact) mass is 261 g/mol. The van der Waals surface area contributed by atoms with Crippen LogP contribution in [0, 0.1) is 5.92 Å². The van der Waals surface area contributed by atoms with Crippen LogP contribution in [0.15, 0.2) is 49.1 Å². The third-order valence-corrected chi connectivity index (χ3v) is 2.35. The lowest BCUT2D eigenvalue weighted by atomic mass is 10.1. The average molecular weight is 261 g/mol. The molecule has 3 heteroatoms. The van der Waals surface area contributed by atoms with E-state index in [0.29, 0.717) is 12.1 Å². The van der Waals surface area contributed by atoms with Crippen molar-refractivity contribution >= 4 is 12.0 Å². The molecule has 104 valence electrons. The zero-order chi connectivity index (χ0) is 14.7. The Kier molecular flexibility index (Phi) is 9.10. The van der Waals surface area contributed by atoms with Gasteiger partial charge in [-0.1, -0.05) is 63.4 Å². The first-order valence-electron chi connectivity index (χ1n) is 6.26. The Bertz CT molecular complexity index is 396. The number of carbonyl (C=O) groups excluding carboxylic acids is 1. The van der Waals surface area contributed by atoms with E-state index in [1.54, 1.807) is 0 Å². The first-order valence-corrected chi connectivity index (χ1v) is 6.26. The van der Waals surface area contributed by atoms with E-state index in [1.165, 1.54) is 5.56 Å². The van der Waals surface area contributed by atoms with Crippen LogP contribution in [0.25, 0.3) is 6.08 Å². The summed E-state index contributed by atoms with van der Waals surface area (Å²) in [6.45, 7) is 11.6. The van der Waals surface area contributed by atoms with E-state index in [0.717, 1.165) is 0 Å².